The van der Waals surface area contributed by atoms with Gasteiger partial charge in [-0.25, -0.2) is 0 Å². The van der Waals surface area contributed by atoms with Gasteiger partial charge in [0.25, 0.3) is 0 Å². The Morgan fingerprint density at radius 3 is 2.75 bits per heavy atom. The van der Waals surface area contributed by atoms with Gasteiger partial charge in [-0.1, -0.05) is 18.2 Å². The number of hydrogen-bond donors (Lipinski definition) is 1. The van der Waals surface area contributed by atoms with Gasteiger partial charge in [0.05, 0.1) is 6.10 Å². The lowest BCUT2D eigenvalue weighted by Gasteiger charge is -2.34. The zero-order valence-electron chi connectivity index (χ0n) is 15.1. The monoisotopic (exact) mass is 332 g/mol. The molecule has 1 fully saturated rings. The number of benzene rings is 1. The van der Waals surface area contributed by atoms with Crippen molar-refractivity contribution in [3.8, 4) is 0 Å². The predicted octanol–water partition coefficient (Wildman–Crippen LogP) is 2.81. The summed E-state index contributed by atoms with van der Waals surface area (Å²) in [4.78, 5) is 26.9. The molecule has 132 valence electrons. The third-order valence-corrected chi connectivity index (χ3v) is 4.47. The van der Waals surface area contributed by atoms with Crippen molar-refractivity contribution in [3.05, 3.63) is 29.8 Å². The van der Waals surface area contributed by atoms with Crippen molar-refractivity contribution in [3.63, 3.8) is 0 Å². The first-order valence-electron chi connectivity index (χ1n) is 8.65. The van der Waals surface area contributed by atoms with E-state index in [1.165, 1.54) is 0 Å². The first-order chi connectivity index (χ1) is 11.4. The first-order valence-corrected chi connectivity index (χ1v) is 8.65. The Kier molecular flexibility index (Phi) is 5.99. The number of carbonyl (C=O) groups excluding carboxylic acids is 2. The average molecular weight is 332 g/mol. The Labute approximate surface area is 144 Å². The molecule has 0 aliphatic carbocycles. The molecule has 5 nitrogen and oxygen atoms in total. The van der Waals surface area contributed by atoms with Gasteiger partial charge < -0.3 is 10.1 Å². The molecule has 1 atom stereocenters. The second kappa shape index (κ2) is 7.79. The molecule has 2 rings (SSSR count). The summed E-state index contributed by atoms with van der Waals surface area (Å²) >= 11 is 0. The van der Waals surface area contributed by atoms with Crippen molar-refractivity contribution in [2.24, 2.45) is 0 Å². The molecule has 5 heteroatoms. The highest BCUT2D eigenvalue weighted by atomic mass is 16.5. The highest BCUT2D eigenvalue weighted by Gasteiger charge is 2.48. The highest BCUT2D eigenvalue weighted by Crippen LogP contribution is 2.36. The van der Waals surface area contributed by atoms with Gasteiger partial charge in [0.15, 0.2) is 0 Å². The number of aryl methyl sites for hydroxylation is 1. The van der Waals surface area contributed by atoms with Crippen LogP contribution in [0.4, 0.5) is 5.69 Å². The number of carbonyl (C=O) groups is 2. The molecule has 0 spiro atoms. The molecule has 2 amide bonds. The van der Waals surface area contributed by atoms with Gasteiger partial charge in [-0.3, -0.25) is 14.5 Å². The van der Waals surface area contributed by atoms with Crippen molar-refractivity contribution >= 4 is 17.5 Å². The van der Waals surface area contributed by atoms with E-state index in [2.05, 4.69) is 5.32 Å². The Morgan fingerprint density at radius 2 is 2.08 bits per heavy atom. The molecule has 1 saturated heterocycles. The van der Waals surface area contributed by atoms with E-state index in [-0.39, 0.29) is 17.9 Å². The standard InChI is InChI=1S/C19H28N2O3/c1-14(2)24-13-7-12-20-18(23)19(4)11-10-17(22)21(19)16-9-6-5-8-15(16)3/h5-6,8-9,14H,7,10-13H2,1-4H3,(H,20,23)/t19-/m0/s1. The number of hydrogen-bond acceptors (Lipinski definition) is 3. The molecule has 1 aromatic carbocycles. The number of rotatable bonds is 7. The van der Waals surface area contributed by atoms with E-state index < -0.39 is 5.54 Å². The summed E-state index contributed by atoms with van der Waals surface area (Å²) in [5.41, 5.74) is 0.986. The summed E-state index contributed by atoms with van der Waals surface area (Å²) in [6, 6.07) is 7.70. The third-order valence-electron chi connectivity index (χ3n) is 4.47. The first kappa shape index (κ1) is 18.5. The van der Waals surface area contributed by atoms with E-state index in [1.54, 1.807) is 4.90 Å². The number of para-hydroxylation sites is 1. The molecule has 0 aromatic heterocycles. The largest absolute Gasteiger partial charge is 0.379 e. The van der Waals surface area contributed by atoms with Gasteiger partial charge >= 0.3 is 0 Å². The normalized spacial score (nSPS) is 20.7. The number of nitrogens with one attached hydrogen (secondary N) is 1. The Hall–Kier alpha value is -1.88. The minimum absolute atomic E-state index is 0.00471. The van der Waals surface area contributed by atoms with Crippen LogP contribution in [0.25, 0.3) is 0 Å². The van der Waals surface area contributed by atoms with Gasteiger partial charge in [0.2, 0.25) is 11.8 Å². The van der Waals surface area contributed by atoms with Crippen LogP contribution in [0.3, 0.4) is 0 Å². The summed E-state index contributed by atoms with van der Waals surface area (Å²) in [5, 5.41) is 2.97. The zero-order chi connectivity index (χ0) is 17.7. The molecule has 0 unspecified atom stereocenters. The van der Waals surface area contributed by atoms with E-state index in [0.717, 1.165) is 17.7 Å². The summed E-state index contributed by atoms with van der Waals surface area (Å²) in [6.07, 6.45) is 1.89. The van der Waals surface area contributed by atoms with E-state index in [1.807, 2.05) is 52.0 Å². The highest BCUT2D eigenvalue weighted by molar-refractivity contribution is 6.06. The van der Waals surface area contributed by atoms with Gasteiger partial charge in [-0.2, -0.15) is 0 Å². The molecule has 1 aliphatic heterocycles. The van der Waals surface area contributed by atoms with Gasteiger partial charge in [0.1, 0.15) is 5.54 Å². The molecule has 1 aliphatic rings. The molecule has 1 aromatic rings. The Bertz CT molecular complexity index is 600. The maximum absolute atomic E-state index is 12.8. The predicted molar refractivity (Wildman–Crippen MR) is 95.0 cm³/mol. The van der Waals surface area contributed by atoms with Crippen LogP contribution in [-0.2, 0) is 14.3 Å². The van der Waals surface area contributed by atoms with Crippen LogP contribution in [-0.4, -0.2) is 36.6 Å². The fourth-order valence-corrected chi connectivity index (χ4v) is 3.06. The number of amides is 2. The molecule has 0 radical (unpaired) electrons. The van der Waals surface area contributed by atoms with Gasteiger partial charge in [-0.15, -0.1) is 0 Å². The zero-order valence-corrected chi connectivity index (χ0v) is 15.1. The molecule has 1 heterocycles. The molecule has 24 heavy (non-hydrogen) atoms. The lowest BCUT2D eigenvalue weighted by atomic mass is 9.96. The third kappa shape index (κ3) is 3.96. The maximum Gasteiger partial charge on any atom is 0.246 e. The van der Waals surface area contributed by atoms with Crippen molar-refractivity contribution in [2.75, 3.05) is 18.1 Å². The van der Waals surface area contributed by atoms with Crippen LogP contribution in [0.15, 0.2) is 24.3 Å². The number of anilines is 1. The fourth-order valence-electron chi connectivity index (χ4n) is 3.06. The molecule has 0 saturated carbocycles. The molecular weight excluding hydrogens is 304 g/mol. The van der Waals surface area contributed by atoms with Gasteiger partial charge in [-0.05, 0) is 52.2 Å². The second-order valence-corrected chi connectivity index (χ2v) is 6.82. The molecular formula is C19H28N2O3. The van der Waals surface area contributed by atoms with E-state index in [4.69, 9.17) is 4.74 Å². The lowest BCUT2D eigenvalue weighted by molar-refractivity contribution is -0.127. The molecule has 1 N–H and O–H groups in total. The fraction of sp³-hybridized carbons (Fsp3) is 0.579. The quantitative estimate of drug-likeness (QED) is 0.781. The van der Waals surface area contributed by atoms with E-state index in [0.29, 0.717) is 26.0 Å². The summed E-state index contributed by atoms with van der Waals surface area (Å²) in [6.45, 7) is 8.96. The van der Waals surface area contributed by atoms with Crippen molar-refractivity contribution < 1.29 is 14.3 Å². The number of ether oxygens (including phenoxy) is 1. The topological polar surface area (TPSA) is 58.6 Å². The number of nitrogens with zero attached hydrogens (tertiary/aromatic N) is 1. The van der Waals surface area contributed by atoms with Crippen molar-refractivity contribution in [1.29, 1.82) is 0 Å². The van der Waals surface area contributed by atoms with Crippen LogP contribution in [0.2, 0.25) is 0 Å². The lowest BCUT2D eigenvalue weighted by Crippen LogP contribution is -2.55. The van der Waals surface area contributed by atoms with Crippen molar-refractivity contribution in [1.82, 2.24) is 5.32 Å². The SMILES string of the molecule is Cc1ccccc1N1C(=O)CC[C@@]1(C)C(=O)NCCCOC(C)C. The minimum atomic E-state index is -0.831. The Balaban J connectivity index is 2.05. The van der Waals surface area contributed by atoms with Crippen molar-refractivity contribution in [2.45, 2.75) is 58.6 Å². The summed E-state index contributed by atoms with van der Waals surface area (Å²) in [7, 11) is 0. The second-order valence-electron chi connectivity index (χ2n) is 6.82. The minimum Gasteiger partial charge on any atom is -0.379 e. The van der Waals surface area contributed by atoms with E-state index in [9.17, 15) is 9.59 Å². The van der Waals surface area contributed by atoms with Crippen LogP contribution in [0.5, 0.6) is 0 Å². The van der Waals surface area contributed by atoms with E-state index >= 15 is 0 Å². The smallest absolute Gasteiger partial charge is 0.246 e. The summed E-state index contributed by atoms with van der Waals surface area (Å²) in [5.74, 6) is -0.0914. The average Bonchev–Trinajstić information content (AvgIpc) is 2.84. The summed E-state index contributed by atoms with van der Waals surface area (Å²) < 4.78 is 5.48. The van der Waals surface area contributed by atoms with Crippen LogP contribution in [0, 0.1) is 6.92 Å². The van der Waals surface area contributed by atoms with Crippen LogP contribution >= 0.6 is 0 Å². The van der Waals surface area contributed by atoms with Gasteiger partial charge in [0, 0.05) is 25.3 Å². The Morgan fingerprint density at radius 1 is 1.38 bits per heavy atom. The van der Waals surface area contributed by atoms with Crippen LogP contribution in [0.1, 0.15) is 45.6 Å². The maximum atomic E-state index is 12.8. The molecule has 0 bridgehead atoms. The van der Waals surface area contributed by atoms with Crippen LogP contribution < -0.4 is 10.2 Å².